The zero-order valence-electron chi connectivity index (χ0n) is 17.5. The summed E-state index contributed by atoms with van der Waals surface area (Å²) < 4.78 is 20.1. The maximum Gasteiger partial charge on any atom is 0.246 e. The van der Waals surface area contributed by atoms with E-state index in [2.05, 4.69) is 0 Å². The first-order valence-corrected chi connectivity index (χ1v) is 13.9. The molecule has 1 amide bonds. The topological polar surface area (TPSA) is 72.5 Å². The highest BCUT2D eigenvalue weighted by atomic mass is 31.2. The molecule has 0 aliphatic rings. The Morgan fingerprint density at radius 2 is 0.906 bits per heavy atom. The lowest BCUT2D eigenvalue weighted by atomic mass is 10.4. The Kier molecular flexibility index (Phi) is 6.55. The van der Waals surface area contributed by atoms with Gasteiger partial charge in [-0.25, -0.2) is 4.52 Å². The number of amides is 1. The summed E-state index contributed by atoms with van der Waals surface area (Å²) in [5.74, 6) is -0.470. The van der Waals surface area contributed by atoms with Crippen molar-refractivity contribution in [3.8, 4) is 0 Å². The molecule has 0 saturated carbocycles. The Hall–Kier alpha value is -3.19. The molecule has 4 aromatic rings. The van der Waals surface area contributed by atoms with Crippen molar-refractivity contribution >= 4 is 41.5 Å². The minimum Gasteiger partial charge on any atom is -0.369 e. The van der Waals surface area contributed by atoms with Crippen molar-refractivity contribution in [2.45, 2.75) is 0 Å². The van der Waals surface area contributed by atoms with Crippen LogP contribution in [0.5, 0.6) is 0 Å². The molecule has 4 nitrogen and oxygen atoms in total. The summed E-state index contributed by atoms with van der Waals surface area (Å²) in [5.41, 5.74) is 5.79. The number of primary amides is 1. The van der Waals surface area contributed by atoms with Gasteiger partial charge < -0.3 is 5.73 Å². The molecule has 0 aromatic heterocycles. The first-order chi connectivity index (χ1) is 15.5. The van der Waals surface area contributed by atoms with E-state index in [0.29, 0.717) is 10.6 Å². The summed E-state index contributed by atoms with van der Waals surface area (Å²) in [6.07, 6.45) is 0.00465. The maximum absolute atomic E-state index is 14.9. The molecule has 0 aliphatic heterocycles. The van der Waals surface area contributed by atoms with Crippen molar-refractivity contribution in [2.75, 3.05) is 6.16 Å². The zero-order chi connectivity index (χ0) is 22.4. The predicted octanol–water partition coefficient (Wildman–Crippen LogP) is 4.25. The number of benzene rings is 4. The van der Waals surface area contributed by atoms with Crippen molar-refractivity contribution in [2.24, 2.45) is 10.2 Å². The van der Waals surface area contributed by atoms with Crippen LogP contribution in [0.1, 0.15) is 0 Å². The summed E-state index contributed by atoms with van der Waals surface area (Å²) in [4.78, 5) is 12.4. The average Bonchev–Trinajstić information content (AvgIpc) is 2.85. The van der Waals surface area contributed by atoms with Gasteiger partial charge in [0.15, 0.2) is 0 Å². The quantitative estimate of drug-likeness (QED) is 0.421. The van der Waals surface area contributed by atoms with Crippen LogP contribution in [0, 0.1) is 0 Å². The molecule has 0 aliphatic carbocycles. The fourth-order valence-electron chi connectivity index (χ4n) is 3.77. The first-order valence-electron chi connectivity index (χ1n) is 10.3. The van der Waals surface area contributed by atoms with E-state index in [9.17, 15) is 9.36 Å². The molecule has 0 heterocycles. The monoisotopic (exact) mass is 458 g/mol. The molecule has 4 rings (SSSR count). The minimum absolute atomic E-state index is 0.00465. The van der Waals surface area contributed by atoms with E-state index in [1.54, 1.807) is 0 Å². The number of carbonyl (C=O) groups excluding carboxylic acids is 1. The fourth-order valence-corrected chi connectivity index (χ4v) is 11.3. The Balaban J connectivity index is 2.14. The molecular weight excluding hydrogens is 434 g/mol. The van der Waals surface area contributed by atoms with Crippen LogP contribution in [-0.4, -0.2) is 12.1 Å². The predicted molar refractivity (Wildman–Crippen MR) is 135 cm³/mol. The van der Waals surface area contributed by atoms with Gasteiger partial charge in [0.2, 0.25) is 13.2 Å². The number of carbonyl (C=O) groups is 1. The van der Waals surface area contributed by atoms with Gasteiger partial charge in [-0.05, 0) is 34.9 Å². The van der Waals surface area contributed by atoms with Gasteiger partial charge in [0, 0.05) is 17.7 Å². The Morgan fingerprint density at radius 3 is 1.22 bits per heavy atom. The average molecular weight is 458 g/mol. The maximum atomic E-state index is 14.9. The van der Waals surface area contributed by atoms with E-state index >= 15 is 0 Å². The second-order valence-corrected chi connectivity index (χ2v) is 13.2. The van der Waals surface area contributed by atoms with Crippen LogP contribution in [0.15, 0.2) is 126 Å². The van der Waals surface area contributed by atoms with Crippen LogP contribution in [0.25, 0.3) is 0 Å². The van der Waals surface area contributed by atoms with Crippen molar-refractivity contribution in [1.29, 1.82) is 0 Å². The highest BCUT2D eigenvalue weighted by molar-refractivity contribution is 7.90. The first kappa shape index (κ1) is 22.0. The molecule has 160 valence electrons. The fraction of sp³-hybridized carbons (Fsp3) is 0.0385. The van der Waals surface area contributed by atoms with Gasteiger partial charge in [-0.2, -0.15) is 0 Å². The number of rotatable bonds is 7. The lowest BCUT2D eigenvalue weighted by Gasteiger charge is -2.28. The molecular formula is C26H24N2O2P2. The molecule has 0 fully saturated rings. The molecule has 0 bridgehead atoms. The molecule has 6 heteroatoms. The Bertz CT molecular complexity index is 1210. The van der Waals surface area contributed by atoms with Gasteiger partial charge in [0.1, 0.15) is 0 Å². The molecule has 32 heavy (non-hydrogen) atoms. The summed E-state index contributed by atoms with van der Waals surface area (Å²) in [5, 5.41) is 3.01. The van der Waals surface area contributed by atoms with Crippen molar-refractivity contribution in [3.63, 3.8) is 0 Å². The normalized spacial score (nSPS) is 11.6. The second kappa shape index (κ2) is 9.53. The second-order valence-electron chi connectivity index (χ2n) is 7.40. The number of nitrogens with zero attached hydrogens (tertiary/aromatic N) is 1. The lowest BCUT2D eigenvalue weighted by molar-refractivity contribution is -0.115. The Labute approximate surface area is 188 Å². The third-order valence-electron chi connectivity index (χ3n) is 5.24. The summed E-state index contributed by atoms with van der Waals surface area (Å²) in [6, 6.07) is 37.9. The molecule has 0 saturated heterocycles. The number of nitrogens with two attached hydrogens (primary N) is 1. The van der Waals surface area contributed by atoms with Gasteiger partial charge in [-0.15, -0.1) is 0 Å². The molecule has 0 spiro atoms. The number of hydrogen-bond donors (Lipinski definition) is 1. The number of hydrogen-bond acceptors (Lipinski definition) is 2. The smallest absolute Gasteiger partial charge is 0.246 e. The summed E-state index contributed by atoms with van der Waals surface area (Å²) in [7, 11) is -6.29. The van der Waals surface area contributed by atoms with Crippen LogP contribution in [-0.2, 0) is 9.36 Å². The molecule has 0 unspecified atom stereocenters. The molecule has 2 N–H and O–H groups in total. The van der Waals surface area contributed by atoms with Gasteiger partial charge in [-0.1, -0.05) is 97.1 Å². The highest BCUT2D eigenvalue weighted by Crippen LogP contribution is 2.59. The minimum atomic E-state index is -3.47. The standard InChI is InChI=1S/C26H24N2O2P2/c27-26(29)21-31(22-13-5-1-6-14-22,23-15-7-2-8-16-23)28-32(30,24-17-9-3-10-18-24)25-19-11-4-12-20-25/h1-20H,21H2,(H2,27,29). The van der Waals surface area contributed by atoms with Crippen LogP contribution in [0.3, 0.4) is 0 Å². The van der Waals surface area contributed by atoms with Crippen molar-refractivity contribution < 1.29 is 9.36 Å². The van der Waals surface area contributed by atoms with Crippen LogP contribution in [0.4, 0.5) is 0 Å². The van der Waals surface area contributed by atoms with Crippen LogP contribution < -0.4 is 27.0 Å². The van der Waals surface area contributed by atoms with Crippen LogP contribution >= 0.6 is 14.3 Å². The summed E-state index contributed by atoms with van der Waals surface area (Å²) in [6.45, 7) is 0. The molecule has 0 atom stereocenters. The van der Waals surface area contributed by atoms with E-state index < -0.39 is 20.3 Å². The van der Waals surface area contributed by atoms with E-state index in [1.165, 1.54) is 0 Å². The van der Waals surface area contributed by atoms with Crippen LogP contribution in [0.2, 0.25) is 0 Å². The van der Waals surface area contributed by atoms with E-state index in [-0.39, 0.29) is 6.16 Å². The highest BCUT2D eigenvalue weighted by Gasteiger charge is 2.35. The Morgan fingerprint density at radius 1 is 0.594 bits per heavy atom. The van der Waals surface area contributed by atoms with Gasteiger partial charge in [-0.3, -0.25) is 9.36 Å². The lowest BCUT2D eigenvalue weighted by Crippen LogP contribution is -2.27. The van der Waals surface area contributed by atoms with Gasteiger partial charge in [0.25, 0.3) is 0 Å². The van der Waals surface area contributed by atoms with Gasteiger partial charge in [0.05, 0.1) is 6.16 Å². The molecule has 4 aromatic carbocycles. The third-order valence-corrected chi connectivity index (χ3v) is 12.5. The van der Waals surface area contributed by atoms with E-state index in [4.69, 9.17) is 10.2 Å². The SMILES string of the molecule is NC(=O)CP(=NP(=O)(c1ccccc1)c1ccccc1)(c1ccccc1)c1ccccc1. The zero-order valence-corrected chi connectivity index (χ0v) is 19.3. The van der Waals surface area contributed by atoms with Crippen molar-refractivity contribution in [1.82, 2.24) is 0 Å². The summed E-state index contributed by atoms with van der Waals surface area (Å²) >= 11 is 0. The molecule has 0 radical (unpaired) electrons. The van der Waals surface area contributed by atoms with E-state index in [0.717, 1.165) is 10.6 Å². The largest absolute Gasteiger partial charge is 0.369 e. The van der Waals surface area contributed by atoms with Gasteiger partial charge >= 0.3 is 0 Å². The third kappa shape index (κ3) is 4.39. The van der Waals surface area contributed by atoms with E-state index in [1.807, 2.05) is 121 Å². The van der Waals surface area contributed by atoms with Crippen molar-refractivity contribution in [3.05, 3.63) is 121 Å².